The van der Waals surface area contributed by atoms with Crippen LogP contribution < -0.4 is 4.74 Å². The van der Waals surface area contributed by atoms with Crippen LogP contribution in [0.3, 0.4) is 0 Å². The van der Waals surface area contributed by atoms with Crippen molar-refractivity contribution in [3.05, 3.63) is 39.0 Å². The van der Waals surface area contributed by atoms with Crippen LogP contribution in [0, 0.1) is 0 Å². The summed E-state index contributed by atoms with van der Waals surface area (Å²) in [6, 6.07) is 1.89. The van der Waals surface area contributed by atoms with Gasteiger partial charge in [-0.2, -0.15) is 0 Å². The van der Waals surface area contributed by atoms with Gasteiger partial charge in [-0.1, -0.05) is 6.92 Å². The minimum absolute atomic E-state index is 0.495. The van der Waals surface area contributed by atoms with Crippen LogP contribution in [-0.2, 0) is 13.0 Å². The van der Waals surface area contributed by atoms with E-state index in [4.69, 9.17) is 4.74 Å². The number of nitrogens with zero attached hydrogens (tertiary/aromatic N) is 2. The Morgan fingerprint density at radius 2 is 2.31 bits per heavy atom. The molecule has 0 bridgehead atoms. The van der Waals surface area contributed by atoms with Crippen molar-refractivity contribution in [2.24, 2.45) is 0 Å². The first kappa shape index (κ1) is 11.5. The Morgan fingerprint density at radius 1 is 1.44 bits per heavy atom. The first-order valence-corrected chi connectivity index (χ1v) is 6.62. The average molecular weight is 299 g/mol. The maximum atomic E-state index is 5.58. The predicted octanol–water partition coefficient (Wildman–Crippen LogP) is 3.44. The normalized spacial score (nSPS) is 10.4. The maximum absolute atomic E-state index is 5.58. The Kier molecular flexibility index (Phi) is 3.90. The molecule has 0 amide bonds. The number of halogens is 1. The summed E-state index contributed by atoms with van der Waals surface area (Å²) in [4.78, 5) is 8.46. The summed E-state index contributed by atoms with van der Waals surface area (Å²) in [6.45, 7) is 2.59. The van der Waals surface area contributed by atoms with Crippen molar-refractivity contribution in [2.45, 2.75) is 20.0 Å². The van der Waals surface area contributed by atoms with Crippen molar-refractivity contribution in [2.75, 3.05) is 0 Å². The second kappa shape index (κ2) is 5.41. The minimum Gasteiger partial charge on any atom is -0.486 e. The van der Waals surface area contributed by atoms with Gasteiger partial charge in [-0.25, -0.2) is 4.98 Å². The summed E-state index contributed by atoms with van der Waals surface area (Å²) in [5.74, 6) is 0.750. The summed E-state index contributed by atoms with van der Waals surface area (Å²) >= 11 is 5.02. The van der Waals surface area contributed by atoms with Crippen LogP contribution >= 0.6 is 27.3 Å². The molecule has 3 nitrogen and oxygen atoms in total. The molecule has 0 aliphatic rings. The van der Waals surface area contributed by atoms with Gasteiger partial charge in [0, 0.05) is 16.0 Å². The fourth-order valence-corrected chi connectivity index (χ4v) is 2.28. The van der Waals surface area contributed by atoms with Crippen molar-refractivity contribution in [1.29, 1.82) is 0 Å². The Labute approximate surface area is 107 Å². The second-order valence-electron chi connectivity index (χ2n) is 3.21. The molecule has 0 saturated heterocycles. The Hall–Kier alpha value is -0.940. The third-order valence-electron chi connectivity index (χ3n) is 1.97. The quantitative estimate of drug-likeness (QED) is 0.867. The molecule has 0 aliphatic heterocycles. The molecule has 0 saturated carbocycles. The molecule has 2 aromatic heterocycles. The Bertz CT molecular complexity index is 473. The molecule has 2 aromatic rings. The third kappa shape index (κ3) is 3.02. The standard InChI is InChI=1S/C11H11BrN2OS/c1-2-11-14-9(7-16-11)6-15-10-3-8(12)4-13-5-10/h3-5,7H,2,6H2,1H3. The highest BCUT2D eigenvalue weighted by Crippen LogP contribution is 2.18. The Morgan fingerprint density at radius 3 is 3.00 bits per heavy atom. The van der Waals surface area contributed by atoms with Crippen LogP contribution in [0.2, 0.25) is 0 Å². The van der Waals surface area contributed by atoms with E-state index in [1.165, 1.54) is 0 Å². The van der Waals surface area contributed by atoms with Gasteiger partial charge in [0.25, 0.3) is 0 Å². The Balaban J connectivity index is 1.96. The second-order valence-corrected chi connectivity index (χ2v) is 5.07. The average Bonchev–Trinajstić information content (AvgIpc) is 2.74. The van der Waals surface area contributed by atoms with Crippen molar-refractivity contribution >= 4 is 27.3 Å². The van der Waals surface area contributed by atoms with Crippen molar-refractivity contribution in [3.8, 4) is 5.75 Å². The number of thiazole rings is 1. The van der Waals surface area contributed by atoms with E-state index in [-0.39, 0.29) is 0 Å². The van der Waals surface area contributed by atoms with Gasteiger partial charge in [-0.15, -0.1) is 11.3 Å². The number of ether oxygens (including phenoxy) is 1. The molecule has 0 spiro atoms. The van der Waals surface area contributed by atoms with Gasteiger partial charge in [0.05, 0.1) is 16.9 Å². The molecule has 0 aliphatic carbocycles. The molecule has 2 heterocycles. The smallest absolute Gasteiger partial charge is 0.139 e. The van der Waals surface area contributed by atoms with Crippen LogP contribution in [0.4, 0.5) is 0 Å². The predicted molar refractivity (Wildman–Crippen MR) is 67.8 cm³/mol. The molecule has 0 unspecified atom stereocenters. The van der Waals surface area contributed by atoms with Crippen LogP contribution in [0.15, 0.2) is 28.3 Å². The van der Waals surface area contributed by atoms with Crippen molar-refractivity contribution in [3.63, 3.8) is 0 Å². The summed E-state index contributed by atoms with van der Waals surface area (Å²) in [5.41, 5.74) is 0.974. The molecule has 0 atom stereocenters. The van der Waals surface area contributed by atoms with Crippen LogP contribution in [0.5, 0.6) is 5.75 Å². The van der Waals surface area contributed by atoms with E-state index in [1.54, 1.807) is 23.7 Å². The number of pyridine rings is 1. The monoisotopic (exact) mass is 298 g/mol. The van der Waals surface area contributed by atoms with Gasteiger partial charge in [-0.3, -0.25) is 4.98 Å². The van der Waals surface area contributed by atoms with E-state index in [0.29, 0.717) is 6.61 Å². The van der Waals surface area contributed by atoms with Crippen molar-refractivity contribution < 1.29 is 4.74 Å². The van der Waals surface area contributed by atoms with E-state index < -0.39 is 0 Å². The van der Waals surface area contributed by atoms with Crippen LogP contribution in [-0.4, -0.2) is 9.97 Å². The molecule has 5 heteroatoms. The number of rotatable bonds is 4. The summed E-state index contributed by atoms with van der Waals surface area (Å²) < 4.78 is 6.50. The lowest BCUT2D eigenvalue weighted by atomic mass is 10.4. The highest BCUT2D eigenvalue weighted by atomic mass is 79.9. The highest BCUT2D eigenvalue weighted by Gasteiger charge is 2.01. The lowest BCUT2D eigenvalue weighted by molar-refractivity contribution is 0.300. The lowest BCUT2D eigenvalue weighted by Gasteiger charge is -2.03. The minimum atomic E-state index is 0.495. The zero-order valence-corrected chi connectivity index (χ0v) is 11.2. The van der Waals surface area contributed by atoms with Gasteiger partial charge in [0.1, 0.15) is 12.4 Å². The van der Waals surface area contributed by atoms with Crippen molar-refractivity contribution in [1.82, 2.24) is 9.97 Å². The molecular weight excluding hydrogens is 288 g/mol. The van der Waals surface area contributed by atoms with Gasteiger partial charge < -0.3 is 4.74 Å². The van der Waals surface area contributed by atoms with E-state index >= 15 is 0 Å². The van der Waals surface area contributed by atoms with E-state index in [0.717, 1.165) is 27.3 Å². The van der Waals surface area contributed by atoms with Gasteiger partial charge >= 0.3 is 0 Å². The first-order chi connectivity index (χ1) is 7.78. The maximum Gasteiger partial charge on any atom is 0.139 e. The zero-order valence-electron chi connectivity index (χ0n) is 8.81. The third-order valence-corrected chi connectivity index (χ3v) is 3.44. The molecular formula is C11H11BrN2OS. The first-order valence-electron chi connectivity index (χ1n) is 4.94. The summed E-state index contributed by atoms with van der Waals surface area (Å²) in [6.07, 6.45) is 4.39. The number of hydrogen-bond donors (Lipinski definition) is 0. The summed E-state index contributed by atoms with van der Waals surface area (Å²) in [7, 11) is 0. The number of aromatic nitrogens is 2. The SMILES string of the molecule is CCc1nc(COc2cncc(Br)c2)cs1. The molecule has 0 fully saturated rings. The van der Waals surface area contributed by atoms with Gasteiger partial charge in [0.15, 0.2) is 0 Å². The van der Waals surface area contributed by atoms with Crippen LogP contribution in [0.25, 0.3) is 0 Å². The zero-order chi connectivity index (χ0) is 11.4. The fraction of sp³-hybridized carbons (Fsp3) is 0.273. The lowest BCUT2D eigenvalue weighted by Crippen LogP contribution is -1.96. The number of hydrogen-bond acceptors (Lipinski definition) is 4. The molecule has 0 radical (unpaired) electrons. The molecule has 2 rings (SSSR count). The molecule has 0 aromatic carbocycles. The summed E-state index contributed by atoms with van der Waals surface area (Å²) in [5, 5.41) is 3.18. The van der Waals surface area contributed by atoms with E-state index in [9.17, 15) is 0 Å². The van der Waals surface area contributed by atoms with E-state index in [2.05, 4.69) is 32.8 Å². The number of aryl methyl sites for hydroxylation is 1. The molecule has 0 N–H and O–H groups in total. The largest absolute Gasteiger partial charge is 0.486 e. The van der Waals surface area contributed by atoms with Gasteiger partial charge in [-0.05, 0) is 28.4 Å². The van der Waals surface area contributed by atoms with Crippen LogP contribution in [0.1, 0.15) is 17.6 Å². The van der Waals surface area contributed by atoms with E-state index in [1.807, 2.05) is 11.4 Å². The fourth-order valence-electron chi connectivity index (χ4n) is 1.21. The topological polar surface area (TPSA) is 35.0 Å². The molecule has 84 valence electrons. The highest BCUT2D eigenvalue weighted by molar-refractivity contribution is 9.10. The molecule has 16 heavy (non-hydrogen) atoms. The van der Waals surface area contributed by atoms with Gasteiger partial charge in [0.2, 0.25) is 0 Å².